The Morgan fingerprint density at radius 1 is 0.688 bits per heavy atom. The quantitative estimate of drug-likeness (QED) is 0.502. The van der Waals surface area contributed by atoms with Crippen LogP contribution in [-0.4, -0.2) is 27.4 Å². The Kier molecular flexibility index (Phi) is 11.1. The van der Waals surface area contributed by atoms with Gasteiger partial charge in [0.05, 0.1) is 13.2 Å². The van der Waals surface area contributed by atoms with E-state index in [9.17, 15) is 0 Å². The molecule has 6 heteroatoms. The van der Waals surface area contributed by atoms with Crippen molar-refractivity contribution in [2.45, 2.75) is 12.8 Å². The molecule has 0 rings (SSSR count). The van der Waals surface area contributed by atoms with Gasteiger partial charge in [-0.3, -0.25) is 0 Å². The second kappa shape index (κ2) is 10.3. The number of allylic oxidation sites excluding steroid dienone is 2. The first kappa shape index (κ1) is 17.3. The Hall–Kier alpha value is 1.32. The van der Waals surface area contributed by atoms with Crippen molar-refractivity contribution in [1.82, 2.24) is 0 Å². The van der Waals surface area contributed by atoms with Crippen molar-refractivity contribution >= 4 is 63.7 Å². The number of ether oxygens (including phenoxy) is 2. The summed E-state index contributed by atoms with van der Waals surface area (Å²) in [7, 11) is 3.35. The van der Waals surface area contributed by atoms with Gasteiger partial charge in [0.15, 0.2) is 0 Å². The minimum Gasteiger partial charge on any atom is -0.379 e. The maximum absolute atomic E-state index is 5.03. The molecule has 94 valence electrons. The average molecular weight is 486 g/mol. The van der Waals surface area contributed by atoms with Crippen LogP contribution in [0.1, 0.15) is 12.8 Å². The van der Waals surface area contributed by atoms with Crippen LogP contribution in [0.5, 0.6) is 0 Å². The van der Waals surface area contributed by atoms with E-state index in [1.165, 1.54) is 0 Å². The molecule has 0 amide bonds. The number of rotatable bonds is 7. The summed E-state index contributed by atoms with van der Waals surface area (Å²) < 4.78 is 14.4. The molecular formula is C10H14Br4O2. The van der Waals surface area contributed by atoms with Crippen molar-refractivity contribution in [2.24, 2.45) is 0 Å². The number of hydrogen-bond acceptors (Lipinski definition) is 2. The average Bonchev–Trinajstić information content (AvgIpc) is 2.25. The SMILES string of the molecule is COC/C(Br)=C(\Br)CC/C(Br)=C(\Br)COC. The van der Waals surface area contributed by atoms with Gasteiger partial charge in [-0.1, -0.05) is 63.7 Å². The van der Waals surface area contributed by atoms with E-state index in [4.69, 9.17) is 9.47 Å². The summed E-state index contributed by atoms with van der Waals surface area (Å²) in [5.74, 6) is 0. The fraction of sp³-hybridized carbons (Fsp3) is 0.600. The second-order valence-corrected chi connectivity index (χ2v) is 6.81. The summed E-state index contributed by atoms with van der Waals surface area (Å²) in [6.45, 7) is 1.17. The summed E-state index contributed by atoms with van der Waals surface area (Å²) in [5, 5.41) is 0. The first-order valence-electron chi connectivity index (χ1n) is 4.56. The molecule has 0 N–H and O–H groups in total. The topological polar surface area (TPSA) is 18.5 Å². The standard InChI is InChI=1S/C10H14Br4O2/c1-15-5-9(13)7(11)3-4-8(12)10(14)6-16-2/h3-6H2,1-2H3/b9-7+,10-8+. The van der Waals surface area contributed by atoms with Gasteiger partial charge < -0.3 is 9.47 Å². The summed E-state index contributed by atoms with van der Waals surface area (Å²) in [6.07, 6.45) is 1.81. The van der Waals surface area contributed by atoms with Crippen LogP contribution in [0.4, 0.5) is 0 Å². The highest BCUT2D eigenvalue weighted by Gasteiger charge is 2.05. The molecule has 0 aromatic heterocycles. The third-order valence-electron chi connectivity index (χ3n) is 1.69. The van der Waals surface area contributed by atoms with Gasteiger partial charge in [0.2, 0.25) is 0 Å². The largest absolute Gasteiger partial charge is 0.379 e. The lowest BCUT2D eigenvalue weighted by atomic mass is 10.2. The van der Waals surface area contributed by atoms with Crippen LogP contribution in [-0.2, 0) is 9.47 Å². The smallest absolute Gasteiger partial charge is 0.0786 e. The van der Waals surface area contributed by atoms with Gasteiger partial charge >= 0.3 is 0 Å². The van der Waals surface area contributed by atoms with Crippen molar-refractivity contribution in [3.8, 4) is 0 Å². The van der Waals surface area contributed by atoms with Crippen LogP contribution in [0.15, 0.2) is 17.9 Å². The molecule has 0 atom stereocenters. The second-order valence-electron chi connectivity index (χ2n) is 2.99. The number of hydrogen-bond donors (Lipinski definition) is 0. The van der Waals surface area contributed by atoms with Crippen molar-refractivity contribution in [3.05, 3.63) is 17.9 Å². The van der Waals surface area contributed by atoms with E-state index in [0.717, 1.165) is 30.8 Å². The molecule has 0 unspecified atom stereocenters. The summed E-state index contributed by atoms with van der Waals surface area (Å²) in [4.78, 5) is 0. The first-order chi connectivity index (χ1) is 7.52. The molecular weight excluding hydrogens is 472 g/mol. The maximum Gasteiger partial charge on any atom is 0.0786 e. The van der Waals surface area contributed by atoms with Gasteiger partial charge in [0.25, 0.3) is 0 Å². The van der Waals surface area contributed by atoms with Crippen molar-refractivity contribution in [1.29, 1.82) is 0 Å². The molecule has 0 fully saturated rings. The molecule has 0 aromatic rings. The van der Waals surface area contributed by atoms with Gasteiger partial charge in [-0.15, -0.1) is 0 Å². The van der Waals surface area contributed by atoms with Crippen LogP contribution in [0, 0.1) is 0 Å². The van der Waals surface area contributed by atoms with E-state index in [0.29, 0.717) is 13.2 Å². The van der Waals surface area contributed by atoms with Gasteiger partial charge in [-0.05, 0) is 12.8 Å². The van der Waals surface area contributed by atoms with Crippen LogP contribution in [0.25, 0.3) is 0 Å². The minimum absolute atomic E-state index is 0.584. The molecule has 0 aliphatic rings. The molecule has 0 spiro atoms. The zero-order valence-electron chi connectivity index (χ0n) is 9.16. The molecule has 0 saturated carbocycles. The van der Waals surface area contributed by atoms with Crippen LogP contribution >= 0.6 is 63.7 Å². The number of methoxy groups -OCH3 is 2. The van der Waals surface area contributed by atoms with Crippen molar-refractivity contribution < 1.29 is 9.47 Å². The van der Waals surface area contributed by atoms with E-state index in [1.807, 2.05) is 0 Å². The van der Waals surface area contributed by atoms with Gasteiger partial charge in [-0.25, -0.2) is 0 Å². The van der Waals surface area contributed by atoms with E-state index >= 15 is 0 Å². The molecule has 0 bridgehead atoms. The lowest BCUT2D eigenvalue weighted by Crippen LogP contribution is -1.92. The van der Waals surface area contributed by atoms with Crippen LogP contribution in [0.3, 0.4) is 0 Å². The van der Waals surface area contributed by atoms with Crippen molar-refractivity contribution in [3.63, 3.8) is 0 Å². The zero-order chi connectivity index (χ0) is 12.6. The lowest BCUT2D eigenvalue weighted by molar-refractivity contribution is 0.231. The number of halogens is 4. The van der Waals surface area contributed by atoms with E-state index in [2.05, 4.69) is 63.7 Å². The highest BCUT2D eigenvalue weighted by Crippen LogP contribution is 2.29. The minimum atomic E-state index is 0.584. The lowest BCUT2D eigenvalue weighted by Gasteiger charge is -2.06. The zero-order valence-corrected chi connectivity index (χ0v) is 15.5. The Balaban J connectivity index is 4.24. The van der Waals surface area contributed by atoms with Gasteiger partial charge in [0.1, 0.15) is 0 Å². The van der Waals surface area contributed by atoms with E-state index in [-0.39, 0.29) is 0 Å². The predicted molar refractivity (Wildman–Crippen MR) is 82.7 cm³/mol. The fourth-order valence-electron chi connectivity index (χ4n) is 0.901. The molecule has 0 aromatic carbocycles. The molecule has 0 heterocycles. The van der Waals surface area contributed by atoms with Gasteiger partial charge in [-0.2, -0.15) is 0 Å². The molecule has 0 radical (unpaired) electrons. The highest BCUT2D eigenvalue weighted by molar-refractivity contribution is 9.14. The van der Waals surface area contributed by atoms with E-state index in [1.54, 1.807) is 14.2 Å². The normalized spacial score (nSPS) is 14.6. The Morgan fingerprint density at radius 3 is 1.25 bits per heavy atom. The van der Waals surface area contributed by atoms with Crippen molar-refractivity contribution in [2.75, 3.05) is 27.4 Å². The van der Waals surface area contributed by atoms with Crippen LogP contribution < -0.4 is 0 Å². The fourth-order valence-corrected chi connectivity index (χ4v) is 2.38. The molecule has 0 saturated heterocycles. The molecule has 16 heavy (non-hydrogen) atoms. The third kappa shape index (κ3) is 7.61. The Bertz CT molecular complexity index is 246. The maximum atomic E-state index is 5.03. The predicted octanol–water partition coefficient (Wildman–Crippen LogP) is 5.06. The molecule has 0 aliphatic heterocycles. The Morgan fingerprint density at radius 2 is 1.00 bits per heavy atom. The first-order valence-corrected chi connectivity index (χ1v) is 7.74. The molecule has 0 aliphatic carbocycles. The third-order valence-corrected chi connectivity index (χ3v) is 5.92. The highest BCUT2D eigenvalue weighted by atomic mass is 79.9. The monoisotopic (exact) mass is 482 g/mol. The van der Waals surface area contributed by atoms with Gasteiger partial charge in [0, 0.05) is 32.1 Å². The molecule has 2 nitrogen and oxygen atoms in total. The summed E-state index contributed by atoms with van der Waals surface area (Å²) in [6, 6.07) is 0. The Labute approximate surface area is 130 Å². The van der Waals surface area contributed by atoms with E-state index < -0.39 is 0 Å². The summed E-state index contributed by atoms with van der Waals surface area (Å²) in [5.41, 5.74) is 0. The summed E-state index contributed by atoms with van der Waals surface area (Å²) >= 11 is 14.0. The van der Waals surface area contributed by atoms with Crippen LogP contribution in [0.2, 0.25) is 0 Å².